The molecule has 0 aromatic carbocycles. The zero-order valence-electron chi connectivity index (χ0n) is 6.91. The molecule has 3 aliphatic rings. The third kappa shape index (κ3) is 0.696. The first-order valence-electron chi connectivity index (χ1n) is 4.14. The molecule has 0 saturated heterocycles. The minimum absolute atomic E-state index is 0.0817. The molecule has 2 N–H and O–H groups in total. The fraction of sp³-hybridized carbons (Fsp3) is 1.00. The van der Waals surface area contributed by atoms with Gasteiger partial charge >= 0.3 is 6.18 Å². The van der Waals surface area contributed by atoms with Crippen molar-refractivity contribution < 1.29 is 13.2 Å². The lowest BCUT2D eigenvalue weighted by Crippen LogP contribution is -2.72. The molecule has 0 aromatic rings. The minimum Gasteiger partial charge on any atom is -0.327 e. The smallest absolute Gasteiger partial charge is 0.327 e. The third-order valence-electron chi connectivity index (χ3n) is 3.64. The monoisotopic (exact) mass is 179 g/mol. The molecule has 0 amide bonds. The summed E-state index contributed by atoms with van der Waals surface area (Å²) in [6.45, 7) is 1.81. The normalized spacial score (nSPS) is 47.8. The number of alkyl halides is 3. The zero-order chi connectivity index (χ0) is 9.20. The maximum absolute atomic E-state index is 12.3. The second-order valence-electron chi connectivity index (χ2n) is 4.46. The molecule has 1 nitrogen and oxygen atoms in total. The van der Waals surface area contributed by atoms with Crippen LogP contribution in [-0.4, -0.2) is 12.2 Å². The molecule has 0 spiro atoms. The lowest BCUT2D eigenvalue weighted by Gasteiger charge is -2.72. The fourth-order valence-electron chi connectivity index (χ4n) is 2.65. The van der Waals surface area contributed by atoms with Crippen LogP contribution in [0.1, 0.15) is 26.2 Å². The summed E-state index contributed by atoms with van der Waals surface area (Å²) in [5.74, 6) is 0. The topological polar surface area (TPSA) is 26.0 Å². The molecule has 70 valence electrons. The van der Waals surface area contributed by atoms with Crippen LogP contribution in [0.3, 0.4) is 0 Å². The largest absolute Gasteiger partial charge is 0.394 e. The maximum atomic E-state index is 12.3. The molecule has 3 rings (SSSR count). The highest BCUT2D eigenvalue weighted by atomic mass is 19.4. The van der Waals surface area contributed by atoms with E-state index in [0.29, 0.717) is 0 Å². The van der Waals surface area contributed by atoms with Crippen LogP contribution in [0.2, 0.25) is 0 Å². The quantitative estimate of drug-likeness (QED) is 0.655. The van der Waals surface area contributed by atoms with E-state index in [0.717, 1.165) is 0 Å². The number of rotatable bonds is 1. The predicted octanol–water partition coefficient (Wildman–Crippen LogP) is 2.07. The summed E-state index contributed by atoms with van der Waals surface area (Å²) in [5.41, 5.74) is 4.11. The van der Waals surface area contributed by atoms with Gasteiger partial charge in [0.05, 0.1) is 5.41 Å². The Balaban J connectivity index is 2.05. The average molecular weight is 179 g/mol. The van der Waals surface area contributed by atoms with Gasteiger partial charge in [0.2, 0.25) is 0 Å². The van der Waals surface area contributed by atoms with Gasteiger partial charge in [-0.05, 0) is 31.6 Å². The summed E-state index contributed by atoms with van der Waals surface area (Å²) in [6.07, 6.45) is -3.20. The highest BCUT2D eigenvalue weighted by Gasteiger charge is 2.78. The van der Waals surface area contributed by atoms with E-state index in [4.69, 9.17) is 5.73 Å². The first-order chi connectivity index (χ1) is 5.31. The summed E-state index contributed by atoms with van der Waals surface area (Å²) in [4.78, 5) is 0. The number of nitrogens with two attached hydrogens (primary N) is 1. The van der Waals surface area contributed by atoms with Crippen molar-refractivity contribution >= 4 is 0 Å². The van der Waals surface area contributed by atoms with Gasteiger partial charge in [0.25, 0.3) is 0 Å². The molecule has 1 atom stereocenters. The minimum atomic E-state index is -4.00. The highest BCUT2D eigenvalue weighted by molar-refractivity contribution is 5.22. The molecular formula is C8H12F3N. The van der Waals surface area contributed by atoms with E-state index in [1.165, 1.54) is 0 Å². The Morgan fingerprint density at radius 3 is 1.92 bits per heavy atom. The van der Waals surface area contributed by atoms with Crippen molar-refractivity contribution in [3.63, 3.8) is 0 Å². The molecule has 0 radical (unpaired) electrons. The third-order valence-corrected chi connectivity index (χ3v) is 3.64. The van der Waals surface area contributed by atoms with Crippen molar-refractivity contribution in [1.29, 1.82) is 0 Å². The van der Waals surface area contributed by atoms with Gasteiger partial charge in [-0.15, -0.1) is 0 Å². The van der Waals surface area contributed by atoms with Gasteiger partial charge < -0.3 is 5.73 Å². The molecular weight excluding hydrogens is 167 g/mol. The van der Waals surface area contributed by atoms with Crippen LogP contribution in [0.5, 0.6) is 0 Å². The Hall–Kier alpha value is -0.250. The summed E-state index contributed by atoms with van der Waals surface area (Å²) >= 11 is 0. The van der Waals surface area contributed by atoms with Crippen LogP contribution in [0.4, 0.5) is 13.2 Å². The van der Waals surface area contributed by atoms with Gasteiger partial charge in [-0.1, -0.05) is 0 Å². The standard InChI is InChI=1S/C8H12F3N/c1-5(12)6-2-7(3-6,4-6)8(9,10)11/h5H,2-4,12H2,1H3/t5-,6?,7?/m0/s1. The lowest BCUT2D eigenvalue weighted by molar-refractivity contribution is -0.366. The van der Waals surface area contributed by atoms with E-state index in [9.17, 15) is 13.2 Å². The van der Waals surface area contributed by atoms with Crippen LogP contribution < -0.4 is 5.73 Å². The second kappa shape index (κ2) is 1.81. The van der Waals surface area contributed by atoms with E-state index in [1.54, 1.807) is 6.92 Å². The molecule has 0 aromatic heterocycles. The van der Waals surface area contributed by atoms with Crippen molar-refractivity contribution in [1.82, 2.24) is 0 Å². The average Bonchev–Trinajstić information content (AvgIpc) is 1.46. The van der Waals surface area contributed by atoms with Crippen molar-refractivity contribution in [3.05, 3.63) is 0 Å². The van der Waals surface area contributed by atoms with Crippen molar-refractivity contribution in [2.24, 2.45) is 16.6 Å². The number of hydrogen-bond donors (Lipinski definition) is 1. The molecule has 3 aliphatic carbocycles. The molecule has 12 heavy (non-hydrogen) atoms. The predicted molar refractivity (Wildman–Crippen MR) is 38.4 cm³/mol. The molecule has 2 bridgehead atoms. The van der Waals surface area contributed by atoms with Crippen molar-refractivity contribution in [2.75, 3.05) is 0 Å². The molecule has 3 saturated carbocycles. The first-order valence-corrected chi connectivity index (χ1v) is 4.14. The Morgan fingerprint density at radius 2 is 1.67 bits per heavy atom. The zero-order valence-corrected chi connectivity index (χ0v) is 6.91. The number of hydrogen-bond acceptors (Lipinski definition) is 1. The van der Waals surface area contributed by atoms with E-state index in [1.807, 2.05) is 0 Å². The first kappa shape index (κ1) is 8.35. The van der Waals surface area contributed by atoms with Crippen LogP contribution in [-0.2, 0) is 0 Å². The van der Waals surface area contributed by atoms with Gasteiger partial charge in [-0.25, -0.2) is 0 Å². The molecule has 0 aliphatic heterocycles. The maximum Gasteiger partial charge on any atom is 0.394 e. The van der Waals surface area contributed by atoms with E-state index in [2.05, 4.69) is 0 Å². The van der Waals surface area contributed by atoms with Gasteiger partial charge in [0, 0.05) is 6.04 Å². The van der Waals surface area contributed by atoms with E-state index in [-0.39, 0.29) is 30.7 Å². The Bertz CT molecular complexity index is 199. The Morgan fingerprint density at radius 1 is 1.25 bits per heavy atom. The SMILES string of the molecule is C[C@H](N)C12CC(C(F)(F)F)(C1)C2. The van der Waals surface area contributed by atoms with Crippen molar-refractivity contribution in [3.8, 4) is 0 Å². The van der Waals surface area contributed by atoms with E-state index >= 15 is 0 Å². The van der Waals surface area contributed by atoms with Gasteiger partial charge in [-0.3, -0.25) is 0 Å². The summed E-state index contributed by atoms with van der Waals surface area (Å²) in [6, 6.07) is -0.0817. The second-order valence-corrected chi connectivity index (χ2v) is 4.46. The van der Waals surface area contributed by atoms with Crippen LogP contribution in [0.25, 0.3) is 0 Å². The molecule has 0 unspecified atom stereocenters. The van der Waals surface area contributed by atoms with Crippen molar-refractivity contribution in [2.45, 2.75) is 38.4 Å². The summed E-state index contributed by atoms with van der Waals surface area (Å²) in [5, 5.41) is 0. The van der Waals surface area contributed by atoms with Crippen LogP contribution in [0, 0.1) is 10.8 Å². The lowest BCUT2D eigenvalue weighted by atomic mass is 9.33. The molecule has 3 fully saturated rings. The number of halogens is 3. The van der Waals surface area contributed by atoms with E-state index < -0.39 is 11.6 Å². The van der Waals surface area contributed by atoms with Gasteiger partial charge in [0.15, 0.2) is 0 Å². The fourth-order valence-corrected chi connectivity index (χ4v) is 2.65. The highest BCUT2D eigenvalue weighted by Crippen LogP contribution is 2.79. The van der Waals surface area contributed by atoms with Gasteiger partial charge in [0.1, 0.15) is 0 Å². The Labute approximate surface area is 69.1 Å². The Kier molecular flexibility index (Phi) is 1.26. The van der Waals surface area contributed by atoms with Crippen LogP contribution in [0.15, 0.2) is 0 Å². The summed E-state index contributed by atoms with van der Waals surface area (Å²) in [7, 11) is 0. The molecule has 0 heterocycles. The molecule has 4 heteroatoms. The van der Waals surface area contributed by atoms with Gasteiger partial charge in [-0.2, -0.15) is 13.2 Å². The van der Waals surface area contributed by atoms with Crippen LogP contribution >= 0.6 is 0 Å². The summed E-state index contributed by atoms with van der Waals surface area (Å²) < 4.78 is 36.9.